The van der Waals surface area contributed by atoms with E-state index in [0.717, 1.165) is 26.2 Å². The summed E-state index contributed by atoms with van der Waals surface area (Å²) in [6, 6.07) is 0.320. The lowest BCUT2D eigenvalue weighted by Crippen LogP contribution is -2.70. The van der Waals surface area contributed by atoms with E-state index in [1.807, 2.05) is 0 Å². The van der Waals surface area contributed by atoms with Crippen molar-refractivity contribution in [2.24, 2.45) is 5.92 Å². The van der Waals surface area contributed by atoms with Gasteiger partial charge in [0.1, 0.15) is 0 Å². The van der Waals surface area contributed by atoms with Crippen molar-refractivity contribution in [2.75, 3.05) is 45.5 Å². The summed E-state index contributed by atoms with van der Waals surface area (Å²) in [5.74, 6) is 0.657. The van der Waals surface area contributed by atoms with Crippen molar-refractivity contribution in [3.63, 3.8) is 0 Å². The summed E-state index contributed by atoms with van der Waals surface area (Å²) < 4.78 is 25.5. The van der Waals surface area contributed by atoms with Gasteiger partial charge in [-0.1, -0.05) is 13.8 Å². The van der Waals surface area contributed by atoms with Crippen molar-refractivity contribution >= 4 is 10.0 Å². The van der Waals surface area contributed by atoms with Crippen LogP contribution in [0.1, 0.15) is 27.7 Å². The number of nitrogens with zero attached hydrogens (tertiary/aromatic N) is 3. The van der Waals surface area contributed by atoms with Crippen LogP contribution in [0, 0.1) is 5.92 Å². The van der Waals surface area contributed by atoms with E-state index in [-0.39, 0.29) is 5.54 Å². The second-order valence-corrected chi connectivity index (χ2v) is 9.35. The smallest absolute Gasteiger partial charge is 0.211 e. The van der Waals surface area contributed by atoms with E-state index in [9.17, 15) is 8.42 Å². The van der Waals surface area contributed by atoms with Crippen molar-refractivity contribution in [2.45, 2.75) is 39.3 Å². The van der Waals surface area contributed by atoms with Crippen molar-refractivity contribution in [1.82, 2.24) is 14.1 Å². The molecule has 0 N–H and O–H groups in total. The zero-order valence-corrected chi connectivity index (χ0v) is 14.3. The van der Waals surface area contributed by atoms with Crippen LogP contribution in [0.5, 0.6) is 0 Å². The van der Waals surface area contributed by atoms with Crippen LogP contribution >= 0.6 is 0 Å². The molecule has 2 fully saturated rings. The average Bonchev–Trinajstić information content (AvgIpc) is 2.25. The first-order valence-electron chi connectivity index (χ1n) is 7.54. The minimum absolute atomic E-state index is 0.0735. The maximum Gasteiger partial charge on any atom is 0.211 e. The van der Waals surface area contributed by atoms with Gasteiger partial charge >= 0.3 is 0 Å². The molecule has 0 aromatic carbocycles. The molecule has 0 radical (unpaired) electrons. The number of hydrogen-bond donors (Lipinski definition) is 0. The molecule has 2 aliphatic rings. The Kier molecular flexibility index (Phi) is 4.50. The molecule has 0 bridgehead atoms. The summed E-state index contributed by atoms with van der Waals surface area (Å²) in [5, 5.41) is 0. The van der Waals surface area contributed by atoms with Crippen LogP contribution in [0.15, 0.2) is 0 Å². The highest BCUT2D eigenvalue weighted by Gasteiger charge is 2.44. The topological polar surface area (TPSA) is 43.9 Å². The van der Waals surface area contributed by atoms with Crippen LogP contribution in [0.2, 0.25) is 0 Å². The van der Waals surface area contributed by atoms with Gasteiger partial charge in [0.25, 0.3) is 0 Å². The van der Waals surface area contributed by atoms with E-state index in [0.29, 0.717) is 25.0 Å². The zero-order valence-electron chi connectivity index (χ0n) is 13.5. The fourth-order valence-corrected chi connectivity index (χ4v) is 4.62. The molecule has 0 aromatic heterocycles. The average molecular weight is 303 g/mol. The predicted octanol–water partition coefficient (Wildman–Crippen LogP) is 0.682. The molecule has 0 amide bonds. The van der Waals surface area contributed by atoms with Gasteiger partial charge in [0.2, 0.25) is 10.0 Å². The van der Waals surface area contributed by atoms with Crippen LogP contribution in [0.3, 0.4) is 0 Å². The first-order valence-corrected chi connectivity index (χ1v) is 9.38. The summed E-state index contributed by atoms with van der Waals surface area (Å²) in [7, 11) is -3.10. The minimum Gasteiger partial charge on any atom is -0.300 e. The molecule has 0 saturated carbocycles. The molecule has 2 rings (SSSR count). The summed E-state index contributed by atoms with van der Waals surface area (Å²) in [4.78, 5) is 4.99. The number of hydrogen-bond acceptors (Lipinski definition) is 4. The Morgan fingerprint density at radius 2 is 1.85 bits per heavy atom. The van der Waals surface area contributed by atoms with Gasteiger partial charge in [0.15, 0.2) is 0 Å². The molecule has 2 saturated heterocycles. The Morgan fingerprint density at radius 3 is 2.40 bits per heavy atom. The Balaban J connectivity index is 2.12. The van der Waals surface area contributed by atoms with Gasteiger partial charge in [-0.3, -0.25) is 4.90 Å². The predicted molar refractivity (Wildman–Crippen MR) is 82.3 cm³/mol. The van der Waals surface area contributed by atoms with Crippen LogP contribution < -0.4 is 0 Å². The zero-order chi connectivity index (χ0) is 15.1. The molecule has 20 heavy (non-hydrogen) atoms. The highest BCUT2D eigenvalue weighted by Crippen LogP contribution is 2.29. The lowest BCUT2D eigenvalue weighted by atomic mass is 9.94. The number of sulfonamides is 1. The maximum atomic E-state index is 11.9. The van der Waals surface area contributed by atoms with Gasteiger partial charge in [-0.05, 0) is 19.8 Å². The first-order chi connectivity index (χ1) is 9.09. The molecular weight excluding hydrogens is 274 g/mol. The second-order valence-electron chi connectivity index (χ2n) is 7.37. The van der Waals surface area contributed by atoms with Gasteiger partial charge in [-0.2, -0.15) is 4.31 Å². The molecular formula is C14H29N3O2S. The van der Waals surface area contributed by atoms with Crippen LogP contribution in [0.4, 0.5) is 0 Å². The lowest BCUT2D eigenvalue weighted by molar-refractivity contribution is -0.0449. The Hall–Kier alpha value is -0.170. The standard InChI is InChI=1S/C14H29N3O2S/c1-12(2)8-15-6-7-17-13(9-15)10-16(20(5,18)19)11-14(17,3)4/h12-13H,6-11H2,1-5H3. The fraction of sp³-hybridized carbons (Fsp3) is 1.00. The van der Waals surface area contributed by atoms with E-state index in [2.05, 4.69) is 37.5 Å². The second kappa shape index (κ2) is 5.55. The normalized spacial score (nSPS) is 29.6. The highest BCUT2D eigenvalue weighted by atomic mass is 32.2. The number of fused-ring (bicyclic) bond motifs is 1. The van der Waals surface area contributed by atoms with Crippen LogP contribution in [-0.2, 0) is 10.0 Å². The third kappa shape index (κ3) is 3.53. The fourth-order valence-electron chi connectivity index (χ4n) is 3.63. The third-order valence-electron chi connectivity index (χ3n) is 4.41. The lowest BCUT2D eigenvalue weighted by Gasteiger charge is -2.55. The van der Waals surface area contributed by atoms with E-state index < -0.39 is 10.0 Å². The number of piperazine rings is 2. The number of rotatable bonds is 3. The Bertz CT molecular complexity index is 447. The Morgan fingerprint density at radius 1 is 1.20 bits per heavy atom. The van der Waals surface area contributed by atoms with Crippen LogP contribution in [0.25, 0.3) is 0 Å². The molecule has 0 spiro atoms. The molecule has 2 heterocycles. The quantitative estimate of drug-likeness (QED) is 0.769. The summed E-state index contributed by atoms with van der Waals surface area (Å²) in [6.45, 7) is 14.3. The monoisotopic (exact) mass is 303 g/mol. The maximum absolute atomic E-state index is 11.9. The van der Waals surface area contributed by atoms with Gasteiger partial charge in [0, 0.05) is 50.8 Å². The summed E-state index contributed by atoms with van der Waals surface area (Å²) in [5.41, 5.74) is -0.0735. The largest absolute Gasteiger partial charge is 0.300 e. The van der Waals surface area contributed by atoms with Crippen molar-refractivity contribution < 1.29 is 8.42 Å². The summed E-state index contributed by atoms with van der Waals surface area (Å²) >= 11 is 0. The molecule has 0 aliphatic carbocycles. The molecule has 0 aromatic rings. The van der Waals surface area contributed by atoms with Crippen molar-refractivity contribution in [3.05, 3.63) is 0 Å². The molecule has 5 nitrogen and oxygen atoms in total. The Labute approximate surface area is 124 Å². The van der Waals surface area contributed by atoms with Gasteiger partial charge in [-0.25, -0.2) is 8.42 Å². The summed E-state index contributed by atoms with van der Waals surface area (Å²) in [6.07, 6.45) is 1.33. The third-order valence-corrected chi connectivity index (χ3v) is 5.63. The SMILES string of the molecule is CC(C)CN1CCN2C(C1)CN(S(C)(=O)=O)CC2(C)C. The van der Waals surface area contributed by atoms with E-state index in [4.69, 9.17) is 0 Å². The highest BCUT2D eigenvalue weighted by molar-refractivity contribution is 7.88. The first kappa shape index (κ1) is 16.2. The van der Waals surface area contributed by atoms with Crippen molar-refractivity contribution in [1.29, 1.82) is 0 Å². The molecule has 6 heteroatoms. The van der Waals surface area contributed by atoms with Gasteiger partial charge in [0.05, 0.1) is 6.26 Å². The van der Waals surface area contributed by atoms with Gasteiger partial charge < -0.3 is 4.90 Å². The van der Waals surface area contributed by atoms with E-state index >= 15 is 0 Å². The van der Waals surface area contributed by atoms with Gasteiger partial charge in [-0.15, -0.1) is 0 Å². The molecule has 2 aliphatic heterocycles. The molecule has 118 valence electrons. The minimum atomic E-state index is -3.10. The molecule has 1 unspecified atom stereocenters. The van der Waals surface area contributed by atoms with E-state index in [1.54, 1.807) is 4.31 Å². The van der Waals surface area contributed by atoms with Crippen LogP contribution in [-0.4, -0.2) is 79.6 Å². The van der Waals surface area contributed by atoms with E-state index in [1.165, 1.54) is 6.26 Å². The van der Waals surface area contributed by atoms with Crippen molar-refractivity contribution in [3.8, 4) is 0 Å². The molecule has 1 atom stereocenters.